The van der Waals surface area contributed by atoms with Crippen LogP contribution in [0.2, 0.25) is 5.02 Å². The molecule has 1 fully saturated rings. The van der Waals surface area contributed by atoms with Crippen molar-refractivity contribution in [3.63, 3.8) is 0 Å². The minimum Gasteiger partial charge on any atom is -0.495 e. The number of rotatable bonds is 5. The normalized spacial score (nSPS) is 13.8. The number of aromatic nitrogens is 3. The van der Waals surface area contributed by atoms with Gasteiger partial charge in [0.15, 0.2) is 0 Å². The Morgan fingerprint density at radius 3 is 2.61 bits per heavy atom. The second kappa shape index (κ2) is 7.64. The number of halogens is 1. The van der Waals surface area contributed by atoms with Crippen molar-refractivity contribution in [2.24, 2.45) is 7.05 Å². The number of hydrogen-bond donors (Lipinski definition) is 1. The van der Waals surface area contributed by atoms with Crippen LogP contribution in [0.3, 0.4) is 0 Å². The molecule has 0 unspecified atom stereocenters. The lowest BCUT2D eigenvalue weighted by molar-refractivity contribution is 0.101. The standard InChI is InChI=1S/C21H21ClN4O2/c1-26-20(16(12-24-26)13-4-3-5-13)21(27)25-19-9-7-15(11-23-19)14-6-8-18(28-2)17(22)10-14/h6-13H,3-5H2,1-2H3,(H,23,25,27). The zero-order chi connectivity index (χ0) is 19.7. The van der Waals surface area contributed by atoms with Crippen molar-refractivity contribution in [1.82, 2.24) is 14.8 Å². The van der Waals surface area contributed by atoms with Gasteiger partial charge in [-0.3, -0.25) is 9.48 Å². The molecule has 1 saturated carbocycles. The molecule has 1 N–H and O–H groups in total. The molecule has 3 aromatic rings. The highest BCUT2D eigenvalue weighted by molar-refractivity contribution is 6.32. The van der Waals surface area contributed by atoms with Gasteiger partial charge in [-0.25, -0.2) is 4.98 Å². The van der Waals surface area contributed by atoms with Gasteiger partial charge in [0.05, 0.1) is 18.3 Å². The van der Waals surface area contributed by atoms with E-state index in [1.165, 1.54) is 6.42 Å². The summed E-state index contributed by atoms with van der Waals surface area (Å²) in [6.07, 6.45) is 6.96. The number of anilines is 1. The third-order valence-corrected chi connectivity index (χ3v) is 5.51. The summed E-state index contributed by atoms with van der Waals surface area (Å²) in [6, 6.07) is 9.25. The monoisotopic (exact) mass is 396 g/mol. The topological polar surface area (TPSA) is 69.0 Å². The molecule has 7 heteroatoms. The molecule has 0 bridgehead atoms. The number of carbonyl (C=O) groups is 1. The fourth-order valence-electron chi connectivity index (χ4n) is 3.41. The lowest BCUT2D eigenvalue weighted by atomic mass is 9.80. The third kappa shape index (κ3) is 3.47. The number of nitrogens with one attached hydrogen (secondary N) is 1. The zero-order valence-corrected chi connectivity index (χ0v) is 16.5. The van der Waals surface area contributed by atoms with Crippen LogP contribution in [-0.4, -0.2) is 27.8 Å². The highest BCUT2D eigenvalue weighted by Crippen LogP contribution is 2.38. The van der Waals surface area contributed by atoms with Gasteiger partial charge in [0.2, 0.25) is 0 Å². The van der Waals surface area contributed by atoms with Gasteiger partial charge >= 0.3 is 0 Å². The fourth-order valence-corrected chi connectivity index (χ4v) is 3.67. The molecule has 2 heterocycles. The van der Waals surface area contributed by atoms with Gasteiger partial charge < -0.3 is 10.1 Å². The third-order valence-electron chi connectivity index (χ3n) is 5.22. The molecule has 1 aromatic carbocycles. The molecular formula is C21H21ClN4O2. The Bertz CT molecular complexity index is 1010. The largest absolute Gasteiger partial charge is 0.495 e. The maximum absolute atomic E-state index is 12.8. The number of methoxy groups -OCH3 is 1. The van der Waals surface area contributed by atoms with Crippen LogP contribution in [0.4, 0.5) is 5.82 Å². The van der Waals surface area contributed by atoms with Crippen molar-refractivity contribution in [2.75, 3.05) is 12.4 Å². The first-order valence-corrected chi connectivity index (χ1v) is 9.58. The maximum Gasteiger partial charge on any atom is 0.275 e. The number of carbonyl (C=O) groups excluding carboxylic acids is 1. The van der Waals surface area contributed by atoms with E-state index in [9.17, 15) is 4.79 Å². The summed E-state index contributed by atoms with van der Waals surface area (Å²) in [4.78, 5) is 17.2. The lowest BCUT2D eigenvalue weighted by Gasteiger charge is -2.25. The lowest BCUT2D eigenvalue weighted by Crippen LogP contribution is -2.21. The van der Waals surface area contributed by atoms with Crippen LogP contribution in [0.15, 0.2) is 42.7 Å². The van der Waals surface area contributed by atoms with Crippen LogP contribution >= 0.6 is 11.6 Å². The molecule has 1 aliphatic rings. The Labute approximate surface area is 168 Å². The summed E-state index contributed by atoms with van der Waals surface area (Å²) < 4.78 is 6.82. The van der Waals surface area contributed by atoms with Crippen LogP contribution in [0.1, 0.15) is 41.2 Å². The second-order valence-corrected chi connectivity index (χ2v) is 7.34. The Balaban J connectivity index is 1.51. The molecule has 0 radical (unpaired) electrons. The minimum absolute atomic E-state index is 0.186. The molecular weight excluding hydrogens is 376 g/mol. The van der Waals surface area contributed by atoms with Crippen LogP contribution in [0, 0.1) is 0 Å². The van der Waals surface area contributed by atoms with Crippen molar-refractivity contribution in [3.05, 3.63) is 59.0 Å². The molecule has 0 aliphatic heterocycles. The molecule has 28 heavy (non-hydrogen) atoms. The fraction of sp³-hybridized carbons (Fsp3) is 0.286. The highest BCUT2D eigenvalue weighted by atomic mass is 35.5. The summed E-state index contributed by atoms with van der Waals surface area (Å²) in [5.41, 5.74) is 3.46. The SMILES string of the molecule is COc1ccc(-c2ccc(NC(=O)c3c(C4CCC4)cnn3C)nc2)cc1Cl. The molecule has 2 aromatic heterocycles. The van der Waals surface area contributed by atoms with E-state index in [4.69, 9.17) is 16.3 Å². The number of benzene rings is 1. The summed E-state index contributed by atoms with van der Waals surface area (Å²) in [6.45, 7) is 0. The quantitative estimate of drug-likeness (QED) is 0.680. The van der Waals surface area contributed by atoms with E-state index in [1.807, 2.05) is 30.5 Å². The van der Waals surface area contributed by atoms with Gasteiger partial charge in [0.25, 0.3) is 5.91 Å². The maximum atomic E-state index is 12.8. The van der Waals surface area contributed by atoms with E-state index in [-0.39, 0.29) is 5.91 Å². The number of amides is 1. The Hall–Kier alpha value is -2.86. The Morgan fingerprint density at radius 1 is 1.21 bits per heavy atom. The molecule has 0 spiro atoms. The van der Waals surface area contributed by atoms with Crippen LogP contribution in [0.25, 0.3) is 11.1 Å². The molecule has 1 aliphatic carbocycles. The first-order chi connectivity index (χ1) is 13.6. The number of hydrogen-bond acceptors (Lipinski definition) is 4. The van der Waals surface area contributed by atoms with Crippen molar-refractivity contribution in [2.45, 2.75) is 25.2 Å². The molecule has 144 valence electrons. The van der Waals surface area contributed by atoms with Crippen LogP contribution in [0.5, 0.6) is 5.75 Å². The van der Waals surface area contributed by atoms with E-state index in [1.54, 1.807) is 31.1 Å². The highest BCUT2D eigenvalue weighted by Gasteiger charge is 2.27. The first kappa shape index (κ1) is 18.5. The molecule has 0 atom stereocenters. The van der Waals surface area contributed by atoms with Gasteiger partial charge in [-0.2, -0.15) is 5.10 Å². The number of aryl methyl sites for hydroxylation is 1. The second-order valence-electron chi connectivity index (χ2n) is 6.94. The van der Waals surface area contributed by atoms with Gasteiger partial charge in [-0.1, -0.05) is 24.1 Å². The zero-order valence-electron chi connectivity index (χ0n) is 15.8. The number of pyridine rings is 1. The van der Waals surface area contributed by atoms with E-state index >= 15 is 0 Å². The van der Waals surface area contributed by atoms with Gasteiger partial charge in [-0.05, 0) is 48.6 Å². The summed E-state index contributed by atoms with van der Waals surface area (Å²) in [7, 11) is 3.37. The predicted octanol–water partition coefficient (Wildman–Crippen LogP) is 4.66. The summed E-state index contributed by atoms with van der Waals surface area (Å²) >= 11 is 6.20. The first-order valence-electron chi connectivity index (χ1n) is 9.20. The Morgan fingerprint density at radius 2 is 2.00 bits per heavy atom. The minimum atomic E-state index is -0.186. The average Bonchev–Trinajstić information content (AvgIpc) is 3.02. The summed E-state index contributed by atoms with van der Waals surface area (Å²) in [5.74, 6) is 1.37. The van der Waals surface area contributed by atoms with Crippen LogP contribution < -0.4 is 10.1 Å². The average molecular weight is 397 g/mol. The van der Waals surface area contributed by atoms with Crippen molar-refractivity contribution in [1.29, 1.82) is 0 Å². The van der Waals surface area contributed by atoms with Crippen molar-refractivity contribution < 1.29 is 9.53 Å². The smallest absolute Gasteiger partial charge is 0.275 e. The van der Waals surface area contributed by atoms with E-state index in [0.717, 1.165) is 29.5 Å². The predicted molar refractivity (Wildman–Crippen MR) is 109 cm³/mol. The van der Waals surface area contributed by atoms with E-state index in [0.29, 0.717) is 28.2 Å². The van der Waals surface area contributed by atoms with Crippen LogP contribution in [-0.2, 0) is 7.05 Å². The van der Waals surface area contributed by atoms with Crippen molar-refractivity contribution >= 4 is 23.3 Å². The van der Waals surface area contributed by atoms with E-state index < -0.39 is 0 Å². The summed E-state index contributed by atoms with van der Waals surface area (Å²) in [5, 5.41) is 7.69. The molecule has 6 nitrogen and oxygen atoms in total. The van der Waals surface area contributed by atoms with Gasteiger partial charge in [-0.15, -0.1) is 0 Å². The van der Waals surface area contributed by atoms with Gasteiger partial charge in [0.1, 0.15) is 17.3 Å². The Kier molecular flexibility index (Phi) is 5.05. The number of nitrogens with zero attached hydrogens (tertiary/aromatic N) is 3. The number of ether oxygens (including phenoxy) is 1. The van der Waals surface area contributed by atoms with Crippen molar-refractivity contribution in [3.8, 4) is 16.9 Å². The molecule has 4 rings (SSSR count). The molecule has 0 saturated heterocycles. The van der Waals surface area contributed by atoms with E-state index in [2.05, 4.69) is 15.4 Å². The molecule has 1 amide bonds. The van der Waals surface area contributed by atoms with Gasteiger partial charge in [0, 0.05) is 24.4 Å².